The smallest absolute Gasteiger partial charge is 0.242 e. The van der Waals surface area contributed by atoms with Crippen LogP contribution in [0.1, 0.15) is 25.5 Å². The van der Waals surface area contributed by atoms with Crippen molar-refractivity contribution in [2.24, 2.45) is 0 Å². The quantitative estimate of drug-likeness (QED) is 0.797. The fraction of sp³-hybridized carbons (Fsp3) is 0.667. The third-order valence-corrected chi connectivity index (χ3v) is 5.01. The molecule has 1 heterocycles. The average molecular weight is 288 g/mol. The van der Waals surface area contributed by atoms with Gasteiger partial charge in [0.05, 0.1) is 17.6 Å². The second-order valence-corrected chi connectivity index (χ2v) is 6.47. The van der Waals surface area contributed by atoms with Crippen LogP contribution in [0.5, 0.6) is 0 Å². The van der Waals surface area contributed by atoms with Crippen LogP contribution in [0.4, 0.5) is 0 Å². The Hall–Kier alpha value is -0.890. The van der Waals surface area contributed by atoms with Gasteiger partial charge in [-0.3, -0.25) is 0 Å². The monoisotopic (exact) mass is 288 g/mol. The summed E-state index contributed by atoms with van der Waals surface area (Å²) in [4.78, 5) is 0.208. The molecule has 1 aromatic heterocycles. The molecule has 7 heteroatoms. The van der Waals surface area contributed by atoms with Crippen molar-refractivity contribution in [1.29, 1.82) is 0 Å². The lowest BCUT2D eigenvalue weighted by Gasteiger charge is -2.34. The van der Waals surface area contributed by atoms with Crippen molar-refractivity contribution in [3.8, 4) is 0 Å². The Balaban J connectivity index is 2.09. The largest absolute Gasteiger partial charge is 0.390 e. The molecule has 108 valence electrons. The number of nitrogens with zero attached hydrogens (tertiary/aromatic N) is 1. The molecule has 0 radical (unpaired) electrons. The van der Waals surface area contributed by atoms with Gasteiger partial charge in [-0.1, -0.05) is 0 Å². The highest BCUT2D eigenvalue weighted by Gasteiger charge is 2.33. The molecule has 0 atom stereocenters. The molecule has 1 aliphatic carbocycles. The van der Waals surface area contributed by atoms with Crippen LogP contribution >= 0.6 is 0 Å². The molecular formula is C12H20N2O4S. The first kappa shape index (κ1) is 14.5. The molecule has 0 unspecified atom stereocenters. The summed E-state index contributed by atoms with van der Waals surface area (Å²) in [7, 11) is -1.88. The van der Waals surface area contributed by atoms with E-state index in [1.165, 1.54) is 6.07 Å². The number of nitrogens with one attached hydrogen (secondary N) is 1. The van der Waals surface area contributed by atoms with Gasteiger partial charge in [-0.15, -0.1) is 0 Å². The van der Waals surface area contributed by atoms with Gasteiger partial charge < -0.3 is 14.4 Å². The lowest BCUT2D eigenvalue weighted by Crippen LogP contribution is -2.47. The van der Waals surface area contributed by atoms with Crippen molar-refractivity contribution in [3.05, 3.63) is 18.0 Å². The average Bonchev–Trinajstić information content (AvgIpc) is 2.77. The highest BCUT2D eigenvalue weighted by molar-refractivity contribution is 7.89. The third kappa shape index (κ3) is 3.00. The molecule has 1 aliphatic rings. The Morgan fingerprint density at radius 1 is 1.53 bits per heavy atom. The zero-order valence-corrected chi connectivity index (χ0v) is 12.0. The second-order valence-electron chi connectivity index (χ2n) is 4.76. The maximum atomic E-state index is 12.2. The second kappa shape index (κ2) is 5.62. The summed E-state index contributed by atoms with van der Waals surface area (Å²) in [6.45, 7) is 2.36. The number of methoxy groups -OCH3 is 1. The van der Waals surface area contributed by atoms with E-state index in [0.717, 1.165) is 0 Å². The van der Waals surface area contributed by atoms with Gasteiger partial charge in [0.2, 0.25) is 10.0 Å². The molecule has 0 amide bonds. The maximum Gasteiger partial charge on any atom is 0.242 e. The summed E-state index contributed by atoms with van der Waals surface area (Å²) in [5.74, 6) is 0. The first-order valence-corrected chi connectivity index (χ1v) is 7.83. The predicted octanol–water partition coefficient (Wildman–Crippen LogP) is 0.456. The zero-order valence-electron chi connectivity index (χ0n) is 11.2. The first-order valence-electron chi connectivity index (χ1n) is 6.35. The van der Waals surface area contributed by atoms with Gasteiger partial charge in [0.1, 0.15) is 0 Å². The van der Waals surface area contributed by atoms with Crippen LogP contribution in [-0.2, 0) is 27.9 Å². The van der Waals surface area contributed by atoms with Gasteiger partial charge in [0.25, 0.3) is 0 Å². The number of hydrogen-bond donors (Lipinski definition) is 2. The Labute approximate surface area is 113 Å². The molecule has 0 saturated heterocycles. The molecule has 0 aliphatic heterocycles. The summed E-state index contributed by atoms with van der Waals surface area (Å²) in [6.07, 6.45) is 3.12. The Bertz CT molecular complexity index is 510. The molecule has 1 saturated carbocycles. The van der Waals surface area contributed by atoms with Crippen LogP contribution in [0.15, 0.2) is 17.2 Å². The standard InChI is InChI=1S/C12H20N2O4S/c1-3-14-7-12(6-10(14)8-15)19(16,17)13-9-4-11(5-9)18-2/h6-7,9,11,13,15H,3-5,8H2,1-2H3. The number of sulfonamides is 1. The Morgan fingerprint density at radius 3 is 2.68 bits per heavy atom. The summed E-state index contributed by atoms with van der Waals surface area (Å²) >= 11 is 0. The van der Waals surface area contributed by atoms with Crippen LogP contribution in [0.25, 0.3) is 0 Å². The van der Waals surface area contributed by atoms with Gasteiger partial charge in [0, 0.05) is 31.6 Å². The summed E-state index contributed by atoms with van der Waals surface area (Å²) in [5, 5.41) is 9.18. The summed E-state index contributed by atoms with van der Waals surface area (Å²) < 4.78 is 33.9. The van der Waals surface area contributed by atoms with Crippen molar-refractivity contribution >= 4 is 10.0 Å². The molecule has 6 nitrogen and oxygen atoms in total. The molecule has 1 aromatic rings. The molecule has 0 spiro atoms. The number of ether oxygens (including phenoxy) is 1. The lowest BCUT2D eigenvalue weighted by molar-refractivity contribution is 0.0236. The van der Waals surface area contributed by atoms with Crippen LogP contribution < -0.4 is 4.72 Å². The van der Waals surface area contributed by atoms with Crippen molar-refractivity contribution in [3.63, 3.8) is 0 Å². The third-order valence-electron chi connectivity index (χ3n) is 3.52. The van der Waals surface area contributed by atoms with E-state index >= 15 is 0 Å². The molecule has 1 fully saturated rings. The number of aliphatic hydroxyl groups excluding tert-OH is 1. The SMILES string of the molecule is CCn1cc(S(=O)(=O)NC2CC(OC)C2)cc1CO. The minimum atomic E-state index is -3.51. The lowest BCUT2D eigenvalue weighted by atomic mass is 9.90. The molecule has 0 aromatic carbocycles. The van der Waals surface area contributed by atoms with Crippen LogP contribution in [0.2, 0.25) is 0 Å². The first-order chi connectivity index (χ1) is 9.00. The van der Waals surface area contributed by atoms with Crippen molar-refractivity contribution < 1.29 is 18.3 Å². The molecule has 0 bridgehead atoms. The number of aromatic nitrogens is 1. The van der Waals surface area contributed by atoms with Gasteiger partial charge in [-0.25, -0.2) is 13.1 Å². The predicted molar refractivity (Wildman–Crippen MR) is 70.2 cm³/mol. The summed E-state index contributed by atoms with van der Waals surface area (Å²) in [6, 6.07) is 1.45. The Morgan fingerprint density at radius 2 is 2.21 bits per heavy atom. The van der Waals surface area contributed by atoms with Crippen LogP contribution in [0, 0.1) is 0 Å². The highest BCUT2D eigenvalue weighted by atomic mass is 32.2. The van der Waals surface area contributed by atoms with E-state index in [2.05, 4.69) is 4.72 Å². The van der Waals surface area contributed by atoms with E-state index in [4.69, 9.17) is 4.74 Å². The fourth-order valence-electron chi connectivity index (χ4n) is 2.24. The van der Waals surface area contributed by atoms with Crippen molar-refractivity contribution in [2.75, 3.05) is 7.11 Å². The van der Waals surface area contributed by atoms with Gasteiger partial charge >= 0.3 is 0 Å². The number of aryl methyl sites for hydroxylation is 1. The van der Waals surface area contributed by atoms with Crippen molar-refractivity contribution in [1.82, 2.24) is 9.29 Å². The topological polar surface area (TPSA) is 80.6 Å². The van der Waals surface area contributed by atoms with E-state index in [1.54, 1.807) is 17.9 Å². The molecular weight excluding hydrogens is 268 g/mol. The van der Waals surface area contributed by atoms with Gasteiger partial charge in [0.15, 0.2) is 0 Å². The zero-order chi connectivity index (χ0) is 14.0. The molecule has 19 heavy (non-hydrogen) atoms. The van der Waals surface area contributed by atoms with E-state index in [1.807, 2.05) is 6.92 Å². The van der Waals surface area contributed by atoms with E-state index in [9.17, 15) is 13.5 Å². The van der Waals surface area contributed by atoms with Crippen LogP contribution in [-0.4, -0.2) is 37.3 Å². The number of aliphatic hydroxyl groups is 1. The summed E-state index contributed by atoms with van der Waals surface area (Å²) in [5.41, 5.74) is 0.603. The number of rotatable bonds is 6. The fourth-order valence-corrected chi connectivity index (χ4v) is 3.57. The van der Waals surface area contributed by atoms with Gasteiger partial charge in [-0.2, -0.15) is 0 Å². The van der Waals surface area contributed by atoms with E-state index < -0.39 is 10.0 Å². The van der Waals surface area contributed by atoms with Crippen LogP contribution in [0.3, 0.4) is 0 Å². The van der Waals surface area contributed by atoms with E-state index in [-0.39, 0.29) is 23.6 Å². The van der Waals surface area contributed by atoms with Crippen molar-refractivity contribution in [2.45, 2.75) is 50.0 Å². The minimum absolute atomic E-state index is 0.0579. The maximum absolute atomic E-state index is 12.2. The minimum Gasteiger partial charge on any atom is -0.390 e. The molecule has 2 N–H and O–H groups in total. The Kier molecular flexibility index (Phi) is 4.29. The molecule has 2 rings (SSSR count). The van der Waals surface area contributed by atoms with Gasteiger partial charge in [-0.05, 0) is 25.8 Å². The normalized spacial score (nSPS) is 23.3. The number of hydrogen-bond acceptors (Lipinski definition) is 4. The van der Waals surface area contributed by atoms with E-state index in [0.29, 0.717) is 25.1 Å². The highest BCUT2D eigenvalue weighted by Crippen LogP contribution is 2.25.